The standard InChI is InChI=1S/C28H23F5N4O4S/c29-21-20(22(30)24(32)25(33)23(21)31)26(39)34-10-14-1-7-17(8-2-14)27-40-18(12-42-28-35-13-36-37-28)9-19(41-27)16-5-3-15(11-38)4-6-16/h1-8,13,18-19,27,38H,9-12H2,(H,34,39)(H,35,36,37). The molecule has 1 aliphatic heterocycles. The molecule has 0 aliphatic carbocycles. The van der Waals surface area contributed by atoms with Crippen molar-refractivity contribution in [3.8, 4) is 0 Å². The monoisotopic (exact) mass is 606 g/mol. The number of carbonyl (C=O) groups excluding carboxylic acids is 1. The van der Waals surface area contributed by atoms with Crippen molar-refractivity contribution in [2.75, 3.05) is 5.75 Å². The van der Waals surface area contributed by atoms with Gasteiger partial charge in [0.15, 0.2) is 34.7 Å². The first kappa shape index (κ1) is 29.6. The predicted octanol–water partition coefficient (Wildman–Crippen LogP) is 5.26. The molecular weight excluding hydrogens is 583 g/mol. The highest BCUT2D eigenvalue weighted by Gasteiger charge is 2.33. The van der Waals surface area contributed by atoms with E-state index < -0.39 is 46.8 Å². The van der Waals surface area contributed by atoms with Gasteiger partial charge in [0.25, 0.3) is 5.91 Å². The lowest BCUT2D eigenvalue weighted by molar-refractivity contribution is -0.245. The summed E-state index contributed by atoms with van der Waals surface area (Å²) >= 11 is 1.44. The zero-order valence-electron chi connectivity index (χ0n) is 21.6. The van der Waals surface area contributed by atoms with Crippen molar-refractivity contribution in [3.63, 3.8) is 0 Å². The van der Waals surface area contributed by atoms with E-state index in [1.54, 1.807) is 24.3 Å². The summed E-state index contributed by atoms with van der Waals surface area (Å²) in [5, 5.41) is 18.8. The van der Waals surface area contributed by atoms with Gasteiger partial charge in [0.2, 0.25) is 5.82 Å². The molecular formula is C28H23F5N4O4S. The fourth-order valence-corrected chi connectivity index (χ4v) is 5.12. The maximum Gasteiger partial charge on any atom is 0.257 e. The number of aromatic nitrogens is 3. The number of amides is 1. The molecule has 1 aliphatic rings. The SMILES string of the molecule is O=C(NCc1ccc(C2OC(CSc3ncn[nH]3)CC(c3ccc(CO)cc3)O2)cc1)c1c(F)c(F)c(F)c(F)c1F. The van der Waals surface area contributed by atoms with E-state index in [0.29, 0.717) is 28.5 Å². The average molecular weight is 607 g/mol. The molecule has 0 bridgehead atoms. The van der Waals surface area contributed by atoms with Crippen molar-refractivity contribution in [3.05, 3.63) is 112 Å². The molecule has 2 heterocycles. The molecule has 8 nitrogen and oxygen atoms in total. The normalized spacial score (nSPS) is 18.7. The molecule has 0 saturated carbocycles. The number of H-pyrrole nitrogens is 1. The second kappa shape index (κ2) is 13.0. The molecule has 3 aromatic carbocycles. The zero-order chi connectivity index (χ0) is 29.8. The Labute approximate surface area is 240 Å². The lowest BCUT2D eigenvalue weighted by Crippen LogP contribution is -2.31. The van der Waals surface area contributed by atoms with Crippen LogP contribution in [0.5, 0.6) is 0 Å². The van der Waals surface area contributed by atoms with Crippen molar-refractivity contribution in [1.82, 2.24) is 20.5 Å². The maximum absolute atomic E-state index is 14.0. The molecule has 220 valence electrons. The van der Waals surface area contributed by atoms with Crippen molar-refractivity contribution in [2.24, 2.45) is 0 Å². The van der Waals surface area contributed by atoms with E-state index in [0.717, 1.165) is 11.1 Å². The van der Waals surface area contributed by atoms with Gasteiger partial charge in [-0.3, -0.25) is 9.89 Å². The Balaban J connectivity index is 1.28. The van der Waals surface area contributed by atoms with E-state index in [-0.39, 0.29) is 25.4 Å². The smallest absolute Gasteiger partial charge is 0.257 e. The van der Waals surface area contributed by atoms with Crippen LogP contribution in [0.2, 0.25) is 0 Å². The van der Waals surface area contributed by atoms with Crippen molar-refractivity contribution < 1.29 is 41.3 Å². The number of thioether (sulfide) groups is 1. The average Bonchev–Trinajstić information content (AvgIpc) is 3.55. The summed E-state index contributed by atoms with van der Waals surface area (Å²) in [5.74, 6) is -12.0. The van der Waals surface area contributed by atoms with Crippen molar-refractivity contribution >= 4 is 17.7 Å². The van der Waals surface area contributed by atoms with Gasteiger partial charge in [-0.05, 0) is 16.7 Å². The molecule has 5 rings (SSSR count). The number of hydrogen-bond donors (Lipinski definition) is 3. The lowest BCUT2D eigenvalue weighted by Gasteiger charge is -2.36. The van der Waals surface area contributed by atoms with Crippen LogP contribution in [0, 0.1) is 29.1 Å². The molecule has 1 fully saturated rings. The second-order valence-electron chi connectivity index (χ2n) is 9.32. The van der Waals surface area contributed by atoms with Gasteiger partial charge in [-0.2, -0.15) is 5.10 Å². The molecule has 1 aromatic heterocycles. The highest BCUT2D eigenvalue weighted by Crippen LogP contribution is 2.39. The van der Waals surface area contributed by atoms with Crippen molar-refractivity contribution in [1.29, 1.82) is 0 Å². The molecule has 3 N–H and O–H groups in total. The Bertz CT molecular complexity index is 1510. The third kappa shape index (κ3) is 6.46. The summed E-state index contributed by atoms with van der Waals surface area (Å²) in [6.07, 6.45) is 0.643. The fraction of sp³-hybridized carbons (Fsp3) is 0.250. The van der Waals surface area contributed by atoms with Crippen LogP contribution < -0.4 is 5.32 Å². The van der Waals surface area contributed by atoms with Gasteiger partial charge >= 0.3 is 0 Å². The summed E-state index contributed by atoms with van der Waals surface area (Å²) in [6, 6.07) is 14.0. The van der Waals surface area contributed by atoms with Gasteiger partial charge in [0.05, 0.1) is 18.8 Å². The summed E-state index contributed by atoms with van der Waals surface area (Å²) in [4.78, 5) is 16.4. The van der Waals surface area contributed by atoms with Gasteiger partial charge in [0, 0.05) is 24.3 Å². The molecule has 1 amide bonds. The van der Waals surface area contributed by atoms with Crippen molar-refractivity contribution in [2.45, 2.75) is 43.2 Å². The van der Waals surface area contributed by atoms with Crippen LogP contribution in [-0.4, -0.2) is 38.1 Å². The number of nitrogens with zero attached hydrogens (tertiary/aromatic N) is 2. The first-order chi connectivity index (χ1) is 20.2. The molecule has 0 spiro atoms. The molecule has 3 unspecified atom stereocenters. The van der Waals surface area contributed by atoms with Crippen LogP contribution in [0.1, 0.15) is 51.4 Å². The minimum atomic E-state index is -2.34. The Morgan fingerprint density at radius 2 is 1.52 bits per heavy atom. The molecule has 0 radical (unpaired) electrons. The van der Waals surface area contributed by atoms with E-state index in [1.807, 2.05) is 24.3 Å². The Hall–Kier alpha value is -3.85. The van der Waals surface area contributed by atoms with Gasteiger partial charge in [-0.15, -0.1) is 0 Å². The highest BCUT2D eigenvalue weighted by molar-refractivity contribution is 7.99. The number of hydrogen-bond acceptors (Lipinski definition) is 7. The number of carbonyl (C=O) groups is 1. The zero-order valence-corrected chi connectivity index (χ0v) is 22.4. The first-order valence-corrected chi connectivity index (χ1v) is 13.6. The molecule has 3 atom stereocenters. The van der Waals surface area contributed by atoms with Crippen LogP contribution in [-0.2, 0) is 22.6 Å². The summed E-state index contributed by atoms with van der Waals surface area (Å²) in [6.45, 7) is -0.330. The second-order valence-corrected chi connectivity index (χ2v) is 10.3. The van der Waals surface area contributed by atoms with Gasteiger partial charge in [0.1, 0.15) is 11.9 Å². The summed E-state index contributed by atoms with van der Waals surface area (Å²) in [5.41, 5.74) is 1.25. The van der Waals surface area contributed by atoms with E-state index in [1.165, 1.54) is 18.1 Å². The van der Waals surface area contributed by atoms with Gasteiger partial charge in [-0.1, -0.05) is 60.3 Å². The Morgan fingerprint density at radius 1 is 0.905 bits per heavy atom. The summed E-state index contributed by atoms with van der Waals surface area (Å²) in [7, 11) is 0. The molecule has 42 heavy (non-hydrogen) atoms. The number of rotatable bonds is 9. The fourth-order valence-electron chi connectivity index (χ4n) is 4.33. The quantitative estimate of drug-likeness (QED) is 0.103. The molecule has 1 saturated heterocycles. The minimum Gasteiger partial charge on any atom is -0.392 e. The third-order valence-corrected chi connectivity index (χ3v) is 7.56. The van der Waals surface area contributed by atoms with Gasteiger partial charge < -0.3 is 19.9 Å². The number of aromatic amines is 1. The van der Waals surface area contributed by atoms with E-state index in [9.17, 15) is 31.9 Å². The third-order valence-electron chi connectivity index (χ3n) is 6.56. The number of aliphatic hydroxyl groups is 1. The molecule has 4 aromatic rings. The number of nitrogens with one attached hydrogen (secondary N) is 2. The van der Waals surface area contributed by atoms with E-state index in [2.05, 4.69) is 20.5 Å². The lowest BCUT2D eigenvalue weighted by atomic mass is 10.0. The van der Waals surface area contributed by atoms with E-state index in [4.69, 9.17) is 9.47 Å². The Kier molecular flexibility index (Phi) is 9.16. The van der Waals surface area contributed by atoms with Gasteiger partial charge in [-0.25, -0.2) is 26.9 Å². The van der Waals surface area contributed by atoms with Crippen LogP contribution in [0.3, 0.4) is 0 Å². The first-order valence-electron chi connectivity index (χ1n) is 12.6. The Morgan fingerprint density at radius 3 is 2.14 bits per heavy atom. The number of benzene rings is 3. The van der Waals surface area contributed by atoms with E-state index >= 15 is 0 Å². The minimum absolute atomic E-state index is 0.0810. The maximum atomic E-state index is 14.0. The van der Waals surface area contributed by atoms with Crippen LogP contribution >= 0.6 is 11.8 Å². The topological polar surface area (TPSA) is 109 Å². The van der Waals surface area contributed by atoms with Crippen LogP contribution in [0.15, 0.2) is 60.0 Å². The highest BCUT2D eigenvalue weighted by atomic mass is 32.2. The van der Waals surface area contributed by atoms with Crippen LogP contribution in [0.4, 0.5) is 22.0 Å². The predicted molar refractivity (Wildman–Crippen MR) is 139 cm³/mol. The largest absolute Gasteiger partial charge is 0.392 e. The number of halogens is 5. The number of aliphatic hydroxyl groups excluding tert-OH is 1. The summed E-state index contributed by atoms with van der Waals surface area (Å²) < 4.78 is 80.7. The molecule has 14 heteroatoms. The number of ether oxygens (including phenoxy) is 2. The van der Waals surface area contributed by atoms with Crippen LogP contribution in [0.25, 0.3) is 0 Å².